The van der Waals surface area contributed by atoms with Crippen LogP contribution in [0.15, 0.2) is 0 Å². The number of rotatable bonds is 7. The maximum Gasteiger partial charge on any atom is 0.323 e. The van der Waals surface area contributed by atoms with E-state index >= 15 is 0 Å². The highest BCUT2D eigenvalue weighted by Crippen LogP contribution is 2.04. The third-order valence-corrected chi connectivity index (χ3v) is 2.69. The fourth-order valence-electron chi connectivity index (χ4n) is 1.36. The van der Waals surface area contributed by atoms with Gasteiger partial charge in [-0.1, -0.05) is 20.8 Å². The van der Waals surface area contributed by atoms with Crippen LogP contribution in [0.1, 0.15) is 40.5 Å². The van der Waals surface area contributed by atoms with Crippen LogP contribution in [-0.4, -0.2) is 41.1 Å². The quantitative estimate of drug-likeness (QED) is 0.719. The number of nitrogens with one attached hydrogen (secondary N) is 1. The van der Waals surface area contributed by atoms with Gasteiger partial charge in [0, 0.05) is 12.6 Å². The molecule has 1 atom stereocenters. The van der Waals surface area contributed by atoms with Crippen LogP contribution in [-0.2, 0) is 4.79 Å². The molecule has 17 heavy (non-hydrogen) atoms. The van der Waals surface area contributed by atoms with E-state index in [4.69, 9.17) is 5.11 Å². The highest BCUT2D eigenvalue weighted by molar-refractivity contribution is 5.80. The van der Waals surface area contributed by atoms with Crippen molar-refractivity contribution in [3.63, 3.8) is 0 Å². The minimum atomic E-state index is -0.982. The zero-order valence-electron chi connectivity index (χ0n) is 11.2. The lowest BCUT2D eigenvalue weighted by molar-refractivity contribution is -0.138. The fraction of sp³-hybridized carbons (Fsp3) is 0.833. The number of urea groups is 1. The van der Waals surface area contributed by atoms with Crippen molar-refractivity contribution in [1.29, 1.82) is 0 Å². The van der Waals surface area contributed by atoms with Crippen molar-refractivity contribution in [3.05, 3.63) is 0 Å². The average Bonchev–Trinajstić information content (AvgIpc) is 2.23. The lowest BCUT2D eigenvalue weighted by Crippen LogP contribution is -2.47. The molecule has 0 aliphatic rings. The maximum atomic E-state index is 11.8. The van der Waals surface area contributed by atoms with Gasteiger partial charge in [0.25, 0.3) is 0 Å². The zero-order chi connectivity index (χ0) is 13.4. The van der Waals surface area contributed by atoms with E-state index in [1.807, 2.05) is 13.8 Å². The summed E-state index contributed by atoms with van der Waals surface area (Å²) < 4.78 is 0. The van der Waals surface area contributed by atoms with Crippen LogP contribution in [0.25, 0.3) is 0 Å². The van der Waals surface area contributed by atoms with Crippen molar-refractivity contribution in [2.24, 2.45) is 5.92 Å². The molecule has 0 aliphatic carbocycles. The third-order valence-electron chi connectivity index (χ3n) is 2.69. The predicted octanol–water partition coefficient (Wildman–Crippen LogP) is 1.93. The Labute approximate surface area is 103 Å². The molecule has 0 rings (SSSR count). The molecule has 0 aromatic heterocycles. The first kappa shape index (κ1) is 15.7. The highest BCUT2D eigenvalue weighted by atomic mass is 16.4. The number of aliphatic carboxylic acids is 1. The van der Waals surface area contributed by atoms with Gasteiger partial charge in [0.2, 0.25) is 0 Å². The fourth-order valence-corrected chi connectivity index (χ4v) is 1.36. The molecule has 0 aliphatic heterocycles. The molecule has 0 saturated heterocycles. The van der Waals surface area contributed by atoms with E-state index in [0.717, 1.165) is 12.8 Å². The van der Waals surface area contributed by atoms with Gasteiger partial charge in [-0.25, -0.2) is 4.79 Å². The Morgan fingerprint density at radius 1 is 1.29 bits per heavy atom. The molecule has 0 heterocycles. The van der Waals surface area contributed by atoms with Gasteiger partial charge >= 0.3 is 12.0 Å². The summed E-state index contributed by atoms with van der Waals surface area (Å²) in [6.07, 6.45) is 1.64. The van der Waals surface area contributed by atoms with Crippen molar-refractivity contribution < 1.29 is 14.7 Å². The number of carbonyl (C=O) groups is 2. The minimum Gasteiger partial charge on any atom is -0.480 e. The van der Waals surface area contributed by atoms with Gasteiger partial charge in [-0.3, -0.25) is 4.79 Å². The van der Waals surface area contributed by atoms with Crippen molar-refractivity contribution in [2.45, 2.75) is 46.6 Å². The van der Waals surface area contributed by atoms with Crippen molar-refractivity contribution in [3.8, 4) is 0 Å². The third kappa shape index (κ3) is 6.81. The van der Waals surface area contributed by atoms with Gasteiger partial charge in [-0.05, 0) is 25.7 Å². The summed E-state index contributed by atoms with van der Waals surface area (Å²) in [6, 6.07) is -0.354. The first-order valence-electron chi connectivity index (χ1n) is 6.14. The molecule has 5 heteroatoms. The molecule has 0 spiro atoms. The van der Waals surface area contributed by atoms with Crippen LogP contribution < -0.4 is 5.32 Å². The van der Waals surface area contributed by atoms with E-state index in [-0.39, 0.29) is 18.6 Å². The molecule has 5 nitrogen and oxygen atoms in total. The highest BCUT2D eigenvalue weighted by Gasteiger charge is 2.20. The summed E-state index contributed by atoms with van der Waals surface area (Å²) in [5.74, 6) is -0.462. The van der Waals surface area contributed by atoms with E-state index in [0.29, 0.717) is 12.5 Å². The molecule has 100 valence electrons. The molecule has 0 radical (unpaired) electrons. The van der Waals surface area contributed by atoms with Crippen molar-refractivity contribution in [2.75, 3.05) is 13.1 Å². The zero-order valence-corrected chi connectivity index (χ0v) is 11.2. The number of hydrogen-bond acceptors (Lipinski definition) is 2. The lowest BCUT2D eigenvalue weighted by Gasteiger charge is -2.27. The first-order valence-corrected chi connectivity index (χ1v) is 6.14. The van der Waals surface area contributed by atoms with E-state index in [9.17, 15) is 9.59 Å². The second kappa shape index (κ2) is 7.92. The van der Waals surface area contributed by atoms with Crippen LogP contribution in [0, 0.1) is 5.92 Å². The van der Waals surface area contributed by atoms with E-state index in [1.54, 1.807) is 0 Å². The second-order valence-corrected chi connectivity index (χ2v) is 4.69. The number of amides is 2. The summed E-state index contributed by atoms with van der Waals surface area (Å²) in [6.45, 7) is 8.28. The molecule has 0 bridgehead atoms. The summed E-state index contributed by atoms with van der Waals surface area (Å²) in [7, 11) is 0. The Morgan fingerprint density at radius 2 is 1.88 bits per heavy atom. The average molecular weight is 244 g/mol. The predicted molar refractivity (Wildman–Crippen MR) is 66.9 cm³/mol. The number of carboxylic acid groups (broad SMARTS) is 1. The Balaban J connectivity index is 4.27. The van der Waals surface area contributed by atoms with E-state index in [2.05, 4.69) is 19.2 Å². The molecule has 0 aromatic rings. The number of carboxylic acids is 1. The van der Waals surface area contributed by atoms with Crippen molar-refractivity contribution >= 4 is 12.0 Å². The molecular formula is C12H24N2O3. The van der Waals surface area contributed by atoms with Crippen molar-refractivity contribution in [1.82, 2.24) is 10.2 Å². The molecule has 1 unspecified atom stereocenters. The molecule has 2 amide bonds. The maximum absolute atomic E-state index is 11.8. The topological polar surface area (TPSA) is 69.6 Å². The van der Waals surface area contributed by atoms with Crippen LogP contribution in [0.5, 0.6) is 0 Å². The standard InChI is InChI=1S/C12H24N2O3/c1-5-10(4)14(8-11(15)16)12(17)13-7-6-9(2)3/h9-10H,5-8H2,1-4H3,(H,13,17)(H,15,16). The van der Waals surface area contributed by atoms with Gasteiger partial charge < -0.3 is 15.3 Å². The van der Waals surface area contributed by atoms with Gasteiger partial charge in [-0.2, -0.15) is 0 Å². The Kier molecular flexibility index (Phi) is 7.34. The summed E-state index contributed by atoms with van der Waals surface area (Å²) in [5.41, 5.74) is 0. The molecule has 0 aromatic carbocycles. The van der Waals surface area contributed by atoms with Gasteiger partial charge in [-0.15, -0.1) is 0 Å². The minimum absolute atomic E-state index is 0.0647. The van der Waals surface area contributed by atoms with Crippen LogP contribution in [0.4, 0.5) is 4.79 Å². The monoisotopic (exact) mass is 244 g/mol. The number of carbonyl (C=O) groups excluding carboxylic acids is 1. The second-order valence-electron chi connectivity index (χ2n) is 4.69. The smallest absolute Gasteiger partial charge is 0.323 e. The number of nitrogens with zero attached hydrogens (tertiary/aromatic N) is 1. The Bertz CT molecular complexity index is 254. The summed E-state index contributed by atoms with van der Waals surface area (Å²) in [4.78, 5) is 23.9. The molecule has 0 saturated carbocycles. The van der Waals surface area contributed by atoms with Crippen LogP contribution in [0.3, 0.4) is 0 Å². The van der Waals surface area contributed by atoms with Gasteiger partial charge in [0.1, 0.15) is 6.54 Å². The van der Waals surface area contributed by atoms with Crippen LogP contribution in [0.2, 0.25) is 0 Å². The normalized spacial score (nSPS) is 12.3. The van der Waals surface area contributed by atoms with E-state index in [1.165, 1.54) is 4.90 Å². The van der Waals surface area contributed by atoms with E-state index < -0.39 is 5.97 Å². The Hall–Kier alpha value is -1.26. The SMILES string of the molecule is CCC(C)N(CC(=O)O)C(=O)NCCC(C)C. The van der Waals surface area contributed by atoms with Crippen LogP contribution >= 0.6 is 0 Å². The first-order chi connectivity index (χ1) is 7.88. The van der Waals surface area contributed by atoms with Gasteiger partial charge in [0.05, 0.1) is 0 Å². The summed E-state index contributed by atoms with van der Waals surface area (Å²) >= 11 is 0. The molecular weight excluding hydrogens is 220 g/mol. The van der Waals surface area contributed by atoms with Gasteiger partial charge in [0.15, 0.2) is 0 Å². The molecule has 2 N–H and O–H groups in total. The Morgan fingerprint density at radius 3 is 2.29 bits per heavy atom. The molecule has 0 fully saturated rings. The lowest BCUT2D eigenvalue weighted by atomic mass is 10.1. The largest absolute Gasteiger partial charge is 0.480 e. The number of hydrogen-bond donors (Lipinski definition) is 2. The summed E-state index contributed by atoms with van der Waals surface area (Å²) in [5, 5.41) is 11.5.